The van der Waals surface area contributed by atoms with Gasteiger partial charge in [-0.25, -0.2) is 9.59 Å². The predicted molar refractivity (Wildman–Crippen MR) is 144 cm³/mol. The number of carboxylic acids is 1. The summed E-state index contributed by atoms with van der Waals surface area (Å²) in [4.78, 5) is 22.0. The van der Waals surface area contributed by atoms with Gasteiger partial charge in [0, 0.05) is 5.92 Å². The molecule has 1 saturated heterocycles. The molecule has 1 aliphatic heterocycles. The van der Waals surface area contributed by atoms with Crippen LogP contribution in [0.25, 0.3) is 0 Å². The Balaban J connectivity index is 0.000000306. The van der Waals surface area contributed by atoms with Crippen LogP contribution in [0.4, 0.5) is 0 Å². The fraction of sp³-hybridized carbons (Fsp3) is 0.333. The monoisotopic (exact) mass is 510 g/mol. The first-order chi connectivity index (χ1) is 17.6. The normalized spacial score (nSPS) is 18.8. The Labute approximate surface area is 219 Å². The molecule has 3 N–H and O–H groups in total. The summed E-state index contributed by atoms with van der Waals surface area (Å²) in [5.41, 5.74) is 3.93. The summed E-state index contributed by atoms with van der Waals surface area (Å²) in [6.45, 7) is 11.5. The lowest BCUT2D eigenvalue weighted by atomic mass is 10.1. The quantitative estimate of drug-likeness (QED) is 0.344. The van der Waals surface area contributed by atoms with Gasteiger partial charge in [-0.3, -0.25) is 0 Å². The maximum Gasteiger partial charge on any atom is 0.338 e. The van der Waals surface area contributed by atoms with Gasteiger partial charge < -0.3 is 24.8 Å². The van der Waals surface area contributed by atoms with Crippen LogP contribution < -0.4 is 0 Å². The summed E-state index contributed by atoms with van der Waals surface area (Å²) in [6, 6.07) is 14.0. The van der Waals surface area contributed by atoms with Gasteiger partial charge in [0.15, 0.2) is 6.29 Å². The van der Waals surface area contributed by atoms with E-state index in [0.717, 1.165) is 16.7 Å². The van der Waals surface area contributed by atoms with Crippen LogP contribution in [-0.4, -0.2) is 52.9 Å². The van der Waals surface area contributed by atoms with Crippen molar-refractivity contribution in [3.8, 4) is 0 Å². The molecule has 1 aliphatic rings. The van der Waals surface area contributed by atoms with E-state index in [1.54, 1.807) is 48.6 Å². The fourth-order valence-electron chi connectivity index (χ4n) is 3.19. The Morgan fingerprint density at radius 1 is 1.05 bits per heavy atom. The van der Waals surface area contributed by atoms with E-state index in [1.165, 1.54) is 0 Å². The third-order valence-corrected chi connectivity index (χ3v) is 5.33. The van der Waals surface area contributed by atoms with Crippen molar-refractivity contribution in [1.82, 2.24) is 0 Å². The zero-order chi connectivity index (χ0) is 27.8. The van der Waals surface area contributed by atoms with Crippen molar-refractivity contribution in [2.24, 2.45) is 5.92 Å². The van der Waals surface area contributed by atoms with Crippen LogP contribution in [0, 0.1) is 19.8 Å². The molecule has 2 aromatic rings. The number of aryl methyl sites for hydroxylation is 2. The number of allylic oxidation sites excluding steroid dienone is 3. The number of aliphatic hydroxyl groups excluding tert-OH is 2. The number of carboxylic acid groups (broad SMARTS) is 1. The van der Waals surface area contributed by atoms with Gasteiger partial charge in [-0.15, -0.1) is 0 Å². The Morgan fingerprint density at radius 3 is 2.00 bits per heavy atom. The lowest BCUT2D eigenvalue weighted by Gasteiger charge is -2.11. The van der Waals surface area contributed by atoms with Crippen LogP contribution in [0.1, 0.15) is 52.1 Å². The largest absolute Gasteiger partial charge is 0.478 e. The summed E-state index contributed by atoms with van der Waals surface area (Å²) in [5.74, 6) is -1.14. The summed E-state index contributed by atoms with van der Waals surface area (Å²) >= 11 is 0. The van der Waals surface area contributed by atoms with Crippen LogP contribution in [0.3, 0.4) is 0 Å². The molecule has 3 atom stereocenters. The lowest BCUT2D eigenvalue weighted by molar-refractivity contribution is -0.115. The number of esters is 1. The third kappa shape index (κ3) is 12.3. The van der Waals surface area contributed by atoms with Crippen molar-refractivity contribution in [2.75, 3.05) is 13.2 Å². The van der Waals surface area contributed by atoms with Crippen molar-refractivity contribution in [3.63, 3.8) is 0 Å². The van der Waals surface area contributed by atoms with Crippen LogP contribution in [0.15, 0.2) is 85.0 Å². The average Bonchev–Trinajstić information content (AvgIpc) is 3.20. The second-order valence-corrected chi connectivity index (χ2v) is 8.63. The topological polar surface area (TPSA) is 113 Å². The molecule has 0 amide bonds. The molecule has 0 bridgehead atoms. The summed E-state index contributed by atoms with van der Waals surface area (Å²) in [7, 11) is 0. The van der Waals surface area contributed by atoms with Gasteiger partial charge in [-0.1, -0.05) is 73.2 Å². The second kappa shape index (κ2) is 17.0. The predicted octanol–water partition coefficient (Wildman–Crippen LogP) is 5.26. The van der Waals surface area contributed by atoms with Crippen molar-refractivity contribution in [2.45, 2.75) is 46.5 Å². The number of hydrogen-bond donors (Lipinski definition) is 3. The molecule has 200 valence electrons. The molecule has 7 nitrogen and oxygen atoms in total. The van der Waals surface area contributed by atoms with E-state index < -0.39 is 12.3 Å². The molecule has 37 heavy (non-hydrogen) atoms. The molecule has 0 radical (unpaired) electrons. The molecule has 0 saturated carbocycles. The summed E-state index contributed by atoms with van der Waals surface area (Å²) in [6.07, 6.45) is 6.93. The summed E-state index contributed by atoms with van der Waals surface area (Å²) < 4.78 is 10.4. The van der Waals surface area contributed by atoms with Gasteiger partial charge >= 0.3 is 11.9 Å². The van der Waals surface area contributed by atoms with Crippen molar-refractivity contribution < 1.29 is 34.4 Å². The number of rotatable bonds is 7. The SMILES string of the molecule is C=C/C=C(\C=C/C)CO.Cc1ccc(C(=O)O)cc1.Cc1ccc(C(=O)OC[C@@H]2CC(C)C(O)O2)cc1. The van der Waals surface area contributed by atoms with Gasteiger partial charge in [0.2, 0.25) is 0 Å². The van der Waals surface area contributed by atoms with E-state index >= 15 is 0 Å². The minimum atomic E-state index is -0.875. The molecule has 1 heterocycles. The number of aromatic carboxylic acids is 1. The number of aliphatic hydroxyl groups is 2. The number of benzene rings is 2. The molecule has 0 aliphatic carbocycles. The maximum absolute atomic E-state index is 11.7. The highest BCUT2D eigenvalue weighted by Crippen LogP contribution is 2.24. The highest BCUT2D eigenvalue weighted by Gasteiger charge is 2.31. The first-order valence-corrected chi connectivity index (χ1v) is 12.0. The molecular formula is C30H38O7. The zero-order valence-corrected chi connectivity index (χ0v) is 22.0. The Morgan fingerprint density at radius 2 is 1.59 bits per heavy atom. The molecular weight excluding hydrogens is 472 g/mol. The van der Waals surface area contributed by atoms with Gasteiger partial charge in [-0.2, -0.15) is 0 Å². The van der Waals surface area contributed by atoms with Crippen molar-refractivity contribution >= 4 is 11.9 Å². The van der Waals surface area contributed by atoms with Gasteiger partial charge in [-0.05, 0) is 57.0 Å². The average molecular weight is 511 g/mol. The molecule has 2 unspecified atom stereocenters. The fourth-order valence-corrected chi connectivity index (χ4v) is 3.19. The van der Waals surface area contributed by atoms with E-state index in [0.29, 0.717) is 17.5 Å². The first kappa shape index (κ1) is 31.5. The van der Waals surface area contributed by atoms with Gasteiger partial charge in [0.05, 0.1) is 23.8 Å². The smallest absolute Gasteiger partial charge is 0.338 e. The molecule has 7 heteroatoms. The molecule has 0 aromatic heterocycles. The zero-order valence-electron chi connectivity index (χ0n) is 22.0. The maximum atomic E-state index is 11.7. The van der Waals surface area contributed by atoms with E-state index in [2.05, 4.69) is 6.58 Å². The third-order valence-electron chi connectivity index (χ3n) is 5.33. The highest BCUT2D eigenvalue weighted by atomic mass is 16.6. The second-order valence-electron chi connectivity index (χ2n) is 8.63. The minimum Gasteiger partial charge on any atom is -0.478 e. The van der Waals surface area contributed by atoms with E-state index in [1.807, 2.05) is 52.0 Å². The highest BCUT2D eigenvalue weighted by molar-refractivity contribution is 5.89. The molecule has 3 rings (SSSR count). The van der Waals surface area contributed by atoms with Crippen LogP contribution in [-0.2, 0) is 9.47 Å². The van der Waals surface area contributed by atoms with E-state index in [-0.39, 0.29) is 31.2 Å². The Bertz CT molecular complexity index is 1030. The van der Waals surface area contributed by atoms with Crippen molar-refractivity contribution in [3.05, 3.63) is 107 Å². The Hall–Kier alpha value is -3.52. The van der Waals surface area contributed by atoms with Crippen LogP contribution in [0.2, 0.25) is 0 Å². The van der Waals surface area contributed by atoms with E-state index in [4.69, 9.17) is 19.7 Å². The summed E-state index contributed by atoms with van der Waals surface area (Å²) in [5, 5.41) is 26.5. The number of carbonyl (C=O) groups excluding carboxylic acids is 1. The van der Waals surface area contributed by atoms with Crippen molar-refractivity contribution in [1.29, 1.82) is 0 Å². The standard InChI is InChI=1S/C14H18O4.C8H8O2.C8H12O/c1-9-3-5-11(6-4-9)14(16)17-8-12-7-10(2)13(15)18-12;1-6-2-4-7(5-3-6)8(9)10;1-3-5-8(7-9)6-4-2/h3-6,10,12-13,15H,7-8H2,1-2H3;2-5H,1H3,(H,9,10);3-6,9H,1,7H2,2H3/b;;6-4-,8-5+/t10?,12-,13?;;/m0../s1. The lowest BCUT2D eigenvalue weighted by Crippen LogP contribution is -2.19. The van der Waals surface area contributed by atoms with Crippen LogP contribution in [0.5, 0.6) is 0 Å². The number of carbonyl (C=O) groups is 2. The van der Waals surface area contributed by atoms with E-state index in [9.17, 15) is 14.7 Å². The van der Waals surface area contributed by atoms with Crippen LogP contribution >= 0.6 is 0 Å². The number of hydrogen-bond acceptors (Lipinski definition) is 6. The van der Waals surface area contributed by atoms with Gasteiger partial charge in [0.1, 0.15) is 6.61 Å². The molecule has 0 spiro atoms. The molecule has 1 fully saturated rings. The minimum absolute atomic E-state index is 0.0797. The Kier molecular flexibility index (Phi) is 14.5. The van der Waals surface area contributed by atoms with Gasteiger partial charge in [0.25, 0.3) is 0 Å². The number of ether oxygens (including phenoxy) is 2. The first-order valence-electron chi connectivity index (χ1n) is 12.0. The molecule has 2 aromatic carbocycles.